The number of amides is 1. The second-order valence-corrected chi connectivity index (χ2v) is 7.89. The van der Waals surface area contributed by atoms with Crippen molar-refractivity contribution in [3.05, 3.63) is 23.3 Å². The molecular weight excluding hydrogens is 366 g/mol. The second-order valence-electron chi connectivity index (χ2n) is 7.89. The lowest BCUT2D eigenvalue weighted by Crippen LogP contribution is -2.38. The Labute approximate surface area is 161 Å². The number of carbonyl (C=O) groups is 1. The summed E-state index contributed by atoms with van der Waals surface area (Å²) in [4.78, 5) is 16.8. The van der Waals surface area contributed by atoms with Gasteiger partial charge in [-0.2, -0.15) is 5.26 Å². The molecule has 6 nitrogen and oxygen atoms in total. The summed E-state index contributed by atoms with van der Waals surface area (Å²) < 4.78 is 27.6. The molecule has 4 rings (SSSR count). The number of aliphatic hydroxyl groups is 1. The van der Waals surface area contributed by atoms with Gasteiger partial charge in [0.25, 0.3) is 0 Å². The number of nitriles is 1. The smallest absolute Gasteiger partial charge is 0.229 e. The fourth-order valence-electron chi connectivity index (χ4n) is 3.74. The van der Waals surface area contributed by atoms with Crippen molar-refractivity contribution in [2.24, 2.45) is 0 Å². The average Bonchev–Trinajstić information content (AvgIpc) is 3.43. The first-order valence-electron chi connectivity index (χ1n) is 9.59. The summed E-state index contributed by atoms with van der Waals surface area (Å²) in [7, 11) is 0. The van der Waals surface area contributed by atoms with Gasteiger partial charge in [0.05, 0.1) is 23.0 Å². The molecule has 1 amide bonds. The average molecular weight is 388 g/mol. The number of nitrogens with one attached hydrogen (secondary N) is 1. The van der Waals surface area contributed by atoms with Gasteiger partial charge >= 0.3 is 0 Å². The lowest BCUT2D eigenvalue weighted by molar-refractivity contribution is -0.122. The van der Waals surface area contributed by atoms with Crippen LogP contribution in [0, 0.1) is 11.3 Å². The number of imidazole rings is 1. The third-order valence-corrected chi connectivity index (χ3v) is 5.69. The summed E-state index contributed by atoms with van der Waals surface area (Å²) in [5, 5.41) is 22.2. The van der Waals surface area contributed by atoms with Gasteiger partial charge in [-0.15, -0.1) is 0 Å². The van der Waals surface area contributed by atoms with Crippen molar-refractivity contribution in [3.63, 3.8) is 0 Å². The van der Waals surface area contributed by atoms with Crippen LogP contribution in [-0.2, 0) is 4.79 Å². The van der Waals surface area contributed by atoms with Crippen LogP contribution in [-0.4, -0.2) is 39.5 Å². The minimum Gasteiger partial charge on any atom is -0.384 e. The van der Waals surface area contributed by atoms with Gasteiger partial charge in [0.1, 0.15) is 25.0 Å². The van der Waals surface area contributed by atoms with E-state index in [-0.39, 0.29) is 12.0 Å². The van der Waals surface area contributed by atoms with Crippen LogP contribution in [0.25, 0.3) is 11.0 Å². The number of hydrogen-bond donors (Lipinski definition) is 2. The van der Waals surface area contributed by atoms with Crippen molar-refractivity contribution >= 4 is 22.9 Å². The summed E-state index contributed by atoms with van der Waals surface area (Å²) >= 11 is 0. The molecule has 8 heteroatoms. The van der Waals surface area contributed by atoms with Gasteiger partial charge in [-0.25, -0.2) is 13.8 Å². The first-order valence-corrected chi connectivity index (χ1v) is 9.59. The Hall–Kier alpha value is -2.53. The molecule has 0 bridgehead atoms. The Kier molecular flexibility index (Phi) is 4.79. The maximum atomic E-state index is 12.9. The maximum absolute atomic E-state index is 12.9. The minimum absolute atomic E-state index is 0.114. The van der Waals surface area contributed by atoms with Crippen molar-refractivity contribution in [1.29, 1.82) is 5.26 Å². The molecule has 28 heavy (non-hydrogen) atoms. The number of carbonyl (C=O) groups excluding carboxylic acids is 1. The molecule has 1 heterocycles. The number of fused-ring (bicyclic) bond motifs is 1. The van der Waals surface area contributed by atoms with E-state index >= 15 is 0 Å². The molecule has 2 aromatic rings. The third kappa shape index (κ3) is 3.24. The predicted molar refractivity (Wildman–Crippen MR) is 99.5 cm³/mol. The Morgan fingerprint density at radius 2 is 2.04 bits per heavy atom. The van der Waals surface area contributed by atoms with Gasteiger partial charge in [-0.05, 0) is 49.7 Å². The molecule has 0 unspecified atom stereocenters. The van der Waals surface area contributed by atoms with Gasteiger partial charge in [0.2, 0.25) is 11.9 Å². The maximum Gasteiger partial charge on any atom is 0.229 e. The molecule has 0 atom stereocenters. The zero-order valence-corrected chi connectivity index (χ0v) is 15.4. The number of aromatic nitrogens is 2. The first-order chi connectivity index (χ1) is 13.5. The van der Waals surface area contributed by atoms with Crippen LogP contribution in [0.2, 0.25) is 0 Å². The number of rotatable bonds is 7. The zero-order chi connectivity index (χ0) is 19.9. The molecule has 0 radical (unpaired) electrons. The fraction of sp³-hybridized carbons (Fsp3) is 0.550. The fourth-order valence-corrected chi connectivity index (χ4v) is 3.74. The highest BCUT2D eigenvalue weighted by molar-refractivity contribution is 5.93. The van der Waals surface area contributed by atoms with Crippen LogP contribution >= 0.6 is 0 Å². The summed E-state index contributed by atoms with van der Waals surface area (Å²) in [6.45, 7) is -2.70. The van der Waals surface area contributed by atoms with Crippen LogP contribution in [0.5, 0.6) is 0 Å². The molecule has 0 saturated heterocycles. The molecule has 2 N–H and O–H groups in total. The van der Waals surface area contributed by atoms with Crippen LogP contribution < -0.4 is 5.32 Å². The monoisotopic (exact) mass is 388 g/mol. The van der Waals surface area contributed by atoms with E-state index < -0.39 is 31.3 Å². The number of halogens is 2. The number of nitrogens with zero attached hydrogens (tertiary/aromatic N) is 3. The molecular formula is C20H22F2N4O2. The van der Waals surface area contributed by atoms with Gasteiger partial charge in [0.15, 0.2) is 0 Å². The molecule has 0 spiro atoms. The van der Waals surface area contributed by atoms with Gasteiger partial charge in [-0.3, -0.25) is 10.1 Å². The number of anilines is 1. The van der Waals surface area contributed by atoms with Crippen molar-refractivity contribution in [2.45, 2.75) is 56.1 Å². The van der Waals surface area contributed by atoms with Crippen LogP contribution in [0.1, 0.15) is 61.6 Å². The highest BCUT2D eigenvalue weighted by Gasteiger charge is 2.34. The summed E-state index contributed by atoms with van der Waals surface area (Å²) in [6.07, 6.45) is 4.29. The lowest BCUT2D eigenvalue weighted by Gasteiger charge is -2.29. The van der Waals surface area contributed by atoms with Gasteiger partial charge < -0.3 is 9.67 Å². The van der Waals surface area contributed by atoms with E-state index in [1.165, 1.54) is 0 Å². The summed E-state index contributed by atoms with van der Waals surface area (Å²) in [5.41, 5.74) is 0.586. The largest absolute Gasteiger partial charge is 0.384 e. The summed E-state index contributed by atoms with van der Waals surface area (Å²) in [6, 6.07) is 6.21. The van der Waals surface area contributed by atoms with Crippen molar-refractivity contribution in [3.8, 4) is 6.07 Å². The van der Waals surface area contributed by atoms with E-state index in [1.807, 2.05) is 16.7 Å². The Morgan fingerprint density at radius 3 is 2.57 bits per heavy atom. The van der Waals surface area contributed by atoms with E-state index in [9.17, 15) is 23.9 Å². The Bertz CT molecular complexity index is 953. The van der Waals surface area contributed by atoms with Crippen molar-refractivity contribution in [2.75, 3.05) is 18.7 Å². The molecule has 2 saturated carbocycles. The molecule has 2 aliphatic rings. The topological polar surface area (TPSA) is 90.9 Å². The van der Waals surface area contributed by atoms with E-state index in [4.69, 9.17) is 0 Å². The quantitative estimate of drug-likeness (QED) is 0.759. The predicted octanol–water partition coefficient (Wildman–Crippen LogP) is 3.51. The zero-order valence-electron chi connectivity index (χ0n) is 15.4. The van der Waals surface area contributed by atoms with Crippen molar-refractivity contribution in [1.82, 2.24) is 9.55 Å². The normalized spacial score (nSPS) is 17.4. The van der Waals surface area contributed by atoms with Crippen LogP contribution in [0.3, 0.4) is 0 Å². The molecule has 2 aliphatic carbocycles. The van der Waals surface area contributed by atoms with E-state index in [2.05, 4.69) is 16.4 Å². The lowest BCUT2D eigenvalue weighted by atomic mass is 9.92. The summed E-state index contributed by atoms with van der Waals surface area (Å²) in [5.74, 6) is -0.0604. The highest BCUT2D eigenvalue weighted by atomic mass is 19.1. The molecule has 148 valence electrons. The Morgan fingerprint density at radius 1 is 1.32 bits per heavy atom. The molecule has 1 aromatic heterocycles. The van der Waals surface area contributed by atoms with E-state index in [0.29, 0.717) is 22.5 Å². The first kappa shape index (κ1) is 18.8. The van der Waals surface area contributed by atoms with E-state index in [1.54, 1.807) is 0 Å². The second kappa shape index (κ2) is 7.13. The van der Waals surface area contributed by atoms with Crippen molar-refractivity contribution < 1.29 is 18.7 Å². The SMILES string of the molecule is N#Cc1c(C2CC2)ccc2nc(NC(=O)CC(O)(CF)CF)n(C3CCC3)c12. The van der Waals surface area contributed by atoms with Crippen LogP contribution in [0.4, 0.5) is 14.7 Å². The Balaban J connectivity index is 1.74. The molecule has 0 aliphatic heterocycles. The van der Waals surface area contributed by atoms with Gasteiger partial charge in [0, 0.05) is 6.04 Å². The highest BCUT2D eigenvalue weighted by Crippen LogP contribution is 2.45. The molecule has 2 fully saturated rings. The number of alkyl halides is 2. The van der Waals surface area contributed by atoms with Gasteiger partial charge in [-0.1, -0.05) is 6.07 Å². The number of hydrogen-bond acceptors (Lipinski definition) is 4. The number of benzene rings is 1. The van der Waals surface area contributed by atoms with Crippen LogP contribution in [0.15, 0.2) is 12.1 Å². The minimum atomic E-state index is -2.33. The standard InChI is InChI=1S/C20H22F2N4O2/c21-10-20(28,11-22)8-17(27)25-19-24-16-7-6-14(12-4-5-12)15(9-23)18(16)26(19)13-2-1-3-13/h6-7,12-13,28H,1-5,8,10-11H2,(H,24,25,27). The third-order valence-electron chi connectivity index (χ3n) is 5.69. The van der Waals surface area contributed by atoms with E-state index in [0.717, 1.165) is 37.7 Å². The molecule has 1 aromatic carbocycles.